The van der Waals surface area contributed by atoms with Gasteiger partial charge in [0.05, 0.1) is 24.0 Å². The molecule has 0 saturated heterocycles. The summed E-state index contributed by atoms with van der Waals surface area (Å²) in [5.41, 5.74) is 3.81. The van der Waals surface area contributed by atoms with Crippen molar-refractivity contribution in [2.24, 2.45) is 0 Å². The molecule has 1 aromatic carbocycles. The van der Waals surface area contributed by atoms with E-state index in [1.807, 2.05) is 44.2 Å². The molecule has 1 atom stereocenters. The highest BCUT2D eigenvalue weighted by molar-refractivity contribution is 6.06. The van der Waals surface area contributed by atoms with Crippen LogP contribution in [0.1, 0.15) is 33.2 Å². The van der Waals surface area contributed by atoms with Crippen molar-refractivity contribution < 1.29 is 14.1 Å². The number of amides is 1. The Hall–Kier alpha value is -3.00. The smallest absolute Gasteiger partial charge is 0.280 e. The van der Waals surface area contributed by atoms with Crippen molar-refractivity contribution in [1.82, 2.24) is 20.2 Å². The van der Waals surface area contributed by atoms with E-state index in [0.29, 0.717) is 30.2 Å². The number of aryl methyl sites for hydroxylation is 1. The number of anilines is 1. The molecule has 0 aliphatic carbocycles. The average molecular weight is 367 g/mol. The Morgan fingerprint density at radius 3 is 2.89 bits per heavy atom. The number of nitrogens with zero attached hydrogens (tertiary/aromatic N) is 5. The lowest BCUT2D eigenvalue weighted by molar-refractivity contribution is 0.0866. The number of ether oxygens (including phenoxy) is 1. The van der Waals surface area contributed by atoms with Gasteiger partial charge < -0.3 is 14.2 Å². The quantitative estimate of drug-likeness (QED) is 0.702. The zero-order valence-corrected chi connectivity index (χ0v) is 15.5. The molecule has 0 fully saturated rings. The number of rotatable bonds is 4. The first-order chi connectivity index (χ1) is 13.1. The molecule has 3 heterocycles. The first kappa shape index (κ1) is 17.4. The van der Waals surface area contributed by atoms with Gasteiger partial charge in [0.15, 0.2) is 11.5 Å². The highest BCUT2D eigenvalue weighted by atomic mass is 16.5. The van der Waals surface area contributed by atoms with Crippen molar-refractivity contribution in [2.45, 2.75) is 32.9 Å². The van der Waals surface area contributed by atoms with Crippen LogP contribution >= 0.6 is 0 Å². The van der Waals surface area contributed by atoms with Crippen LogP contribution in [-0.4, -0.2) is 45.8 Å². The lowest BCUT2D eigenvalue weighted by Gasteiger charge is -2.33. The van der Waals surface area contributed by atoms with Gasteiger partial charge in [0.25, 0.3) is 5.91 Å². The Bertz CT molecular complexity index is 977. The predicted octanol–water partition coefficient (Wildman–Crippen LogP) is 2.15. The van der Waals surface area contributed by atoms with Crippen LogP contribution in [0, 0.1) is 13.8 Å². The maximum Gasteiger partial charge on any atom is 0.280 e. The zero-order valence-electron chi connectivity index (χ0n) is 15.5. The van der Waals surface area contributed by atoms with Crippen LogP contribution in [0.5, 0.6) is 0 Å². The van der Waals surface area contributed by atoms with Crippen LogP contribution in [0.4, 0.5) is 5.69 Å². The third-order valence-corrected chi connectivity index (χ3v) is 4.86. The van der Waals surface area contributed by atoms with Crippen LogP contribution in [0.2, 0.25) is 0 Å². The number of aromatic nitrogens is 4. The molecule has 140 valence electrons. The molecule has 1 amide bonds. The highest BCUT2D eigenvalue weighted by Gasteiger charge is 2.31. The second kappa shape index (κ2) is 6.96. The molecule has 0 N–H and O–H groups in total. The van der Waals surface area contributed by atoms with Crippen molar-refractivity contribution in [3.8, 4) is 0 Å². The number of hydrogen-bond donors (Lipinski definition) is 0. The maximum absolute atomic E-state index is 13.2. The summed E-state index contributed by atoms with van der Waals surface area (Å²) in [4.78, 5) is 15.0. The van der Waals surface area contributed by atoms with Crippen molar-refractivity contribution in [3.63, 3.8) is 0 Å². The number of para-hydroxylation sites is 1. The van der Waals surface area contributed by atoms with Crippen LogP contribution < -0.4 is 4.90 Å². The SMILES string of the molecule is COC1Cc2ccccc2N(C(=O)c2nnn(Cc3cc(C)no3)c2C)C1. The van der Waals surface area contributed by atoms with Gasteiger partial charge in [0.1, 0.15) is 6.54 Å². The van der Waals surface area contributed by atoms with Crippen molar-refractivity contribution in [1.29, 1.82) is 0 Å². The number of benzene rings is 1. The van der Waals surface area contributed by atoms with Gasteiger partial charge in [-0.05, 0) is 25.5 Å². The van der Waals surface area contributed by atoms with Crippen LogP contribution in [0.3, 0.4) is 0 Å². The molecule has 3 aromatic rings. The van der Waals surface area contributed by atoms with E-state index >= 15 is 0 Å². The van der Waals surface area contributed by atoms with Crippen LogP contribution in [0.15, 0.2) is 34.9 Å². The van der Waals surface area contributed by atoms with Gasteiger partial charge in [-0.15, -0.1) is 5.10 Å². The summed E-state index contributed by atoms with van der Waals surface area (Å²) in [5.74, 6) is 0.490. The standard InChI is InChI=1S/C19H21N5O3/c1-12-8-16(27-21-12)11-24-13(2)18(20-22-24)19(25)23-10-15(26-3)9-14-6-4-5-7-17(14)23/h4-8,15H,9-11H2,1-3H3. The van der Waals surface area contributed by atoms with Crippen LogP contribution in [-0.2, 0) is 17.7 Å². The minimum atomic E-state index is -0.179. The molecule has 0 radical (unpaired) electrons. The van der Waals surface area contributed by atoms with E-state index in [-0.39, 0.29) is 12.0 Å². The highest BCUT2D eigenvalue weighted by Crippen LogP contribution is 2.29. The molecule has 1 unspecified atom stereocenters. The molecule has 1 aliphatic heterocycles. The van der Waals surface area contributed by atoms with Crippen molar-refractivity contribution in [2.75, 3.05) is 18.6 Å². The summed E-state index contributed by atoms with van der Waals surface area (Å²) >= 11 is 0. The van der Waals surface area contributed by atoms with Gasteiger partial charge in [-0.25, -0.2) is 4.68 Å². The largest absolute Gasteiger partial charge is 0.379 e. The third-order valence-electron chi connectivity index (χ3n) is 4.86. The van der Waals surface area contributed by atoms with Gasteiger partial charge in [0, 0.05) is 25.3 Å². The molecule has 0 saturated carbocycles. The Morgan fingerprint density at radius 1 is 1.33 bits per heavy atom. The van der Waals surface area contributed by atoms with Crippen molar-refractivity contribution >= 4 is 11.6 Å². The maximum atomic E-state index is 13.2. The zero-order chi connectivity index (χ0) is 19.0. The lowest BCUT2D eigenvalue weighted by atomic mass is 9.99. The Morgan fingerprint density at radius 2 is 2.15 bits per heavy atom. The van der Waals surface area contributed by atoms with E-state index in [1.54, 1.807) is 16.7 Å². The van der Waals surface area contributed by atoms with E-state index in [1.165, 1.54) is 0 Å². The first-order valence-electron chi connectivity index (χ1n) is 8.81. The molecule has 0 spiro atoms. The second-order valence-electron chi connectivity index (χ2n) is 6.72. The Labute approximate surface area is 156 Å². The van der Waals surface area contributed by atoms with Gasteiger partial charge >= 0.3 is 0 Å². The summed E-state index contributed by atoms with van der Waals surface area (Å²) in [6, 6.07) is 9.72. The normalized spacial score (nSPS) is 16.4. The van der Waals surface area contributed by atoms with E-state index in [9.17, 15) is 4.79 Å². The number of methoxy groups -OCH3 is 1. The number of carbonyl (C=O) groups is 1. The molecule has 2 aromatic heterocycles. The first-order valence-corrected chi connectivity index (χ1v) is 8.81. The van der Waals surface area contributed by atoms with E-state index < -0.39 is 0 Å². The number of carbonyl (C=O) groups excluding carboxylic acids is 1. The topological polar surface area (TPSA) is 86.3 Å². The van der Waals surface area contributed by atoms with E-state index in [4.69, 9.17) is 9.26 Å². The van der Waals surface area contributed by atoms with Gasteiger partial charge in [-0.3, -0.25) is 4.79 Å². The van der Waals surface area contributed by atoms with Crippen LogP contribution in [0.25, 0.3) is 0 Å². The Kier molecular flexibility index (Phi) is 4.49. The fourth-order valence-electron chi connectivity index (χ4n) is 3.38. The van der Waals surface area contributed by atoms with Gasteiger partial charge in [-0.1, -0.05) is 28.6 Å². The summed E-state index contributed by atoms with van der Waals surface area (Å²) in [6.07, 6.45) is 0.740. The fourth-order valence-corrected chi connectivity index (χ4v) is 3.38. The summed E-state index contributed by atoms with van der Waals surface area (Å²) in [6.45, 7) is 4.56. The molecular weight excluding hydrogens is 346 g/mol. The summed E-state index contributed by atoms with van der Waals surface area (Å²) in [5, 5.41) is 12.1. The predicted molar refractivity (Wildman–Crippen MR) is 97.7 cm³/mol. The number of fused-ring (bicyclic) bond motifs is 1. The number of hydrogen-bond acceptors (Lipinski definition) is 6. The van der Waals surface area contributed by atoms with E-state index in [0.717, 1.165) is 23.4 Å². The Balaban J connectivity index is 1.63. The molecule has 8 nitrogen and oxygen atoms in total. The lowest BCUT2D eigenvalue weighted by Crippen LogP contribution is -2.43. The molecular formula is C19H21N5O3. The third kappa shape index (κ3) is 3.23. The summed E-state index contributed by atoms with van der Waals surface area (Å²) in [7, 11) is 1.67. The molecule has 8 heteroatoms. The molecule has 0 bridgehead atoms. The van der Waals surface area contributed by atoms with E-state index in [2.05, 4.69) is 15.5 Å². The van der Waals surface area contributed by atoms with Crippen molar-refractivity contribution in [3.05, 3.63) is 58.7 Å². The fraction of sp³-hybridized carbons (Fsp3) is 0.368. The van der Waals surface area contributed by atoms with Gasteiger partial charge in [0.2, 0.25) is 0 Å². The monoisotopic (exact) mass is 367 g/mol. The molecule has 4 rings (SSSR count). The minimum absolute atomic E-state index is 0.0450. The minimum Gasteiger partial charge on any atom is -0.379 e. The molecule has 1 aliphatic rings. The van der Waals surface area contributed by atoms with Gasteiger partial charge in [-0.2, -0.15) is 0 Å². The summed E-state index contributed by atoms with van der Waals surface area (Å²) < 4.78 is 12.4. The second-order valence-corrected chi connectivity index (χ2v) is 6.72. The molecule has 27 heavy (non-hydrogen) atoms. The average Bonchev–Trinajstić information content (AvgIpc) is 3.26.